The Kier molecular flexibility index (Phi) is 17.3. The number of rotatable bonds is 20. The number of phenols is 1. The number of phenolic OH excluding ortho intramolecular Hbond substituents is 1. The molecule has 0 aromatic heterocycles. The van der Waals surface area contributed by atoms with Crippen LogP contribution < -0.4 is 27.0 Å². The first-order valence-electron chi connectivity index (χ1n) is 15.3. The van der Waals surface area contributed by atoms with Crippen molar-refractivity contribution in [3.8, 4) is 5.75 Å². The number of hydrogen-bond donors (Lipinski definition) is 6. The summed E-state index contributed by atoms with van der Waals surface area (Å²) in [6.07, 6.45) is 5.02. The number of thioether (sulfide) groups is 1. The first-order valence-corrected chi connectivity index (χ1v) is 16.7. The summed E-state index contributed by atoms with van der Waals surface area (Å²) in [5.41, 5.74) is 8.59. The van der Waals surface area contributed by atoms with Gasteiger partial charge in [0.25, 0.3) is 0 Å². The third-order valence-corrected chi connectivity index (χ3v) is 7.93. The molecule has 2 rings (SSSR count). The summed E-state index contributed by atoms with van der Waals surface area (Å²) < 4.78 is 4.63. The van der Waals surface area contributed by atoms with Crippen molar-refractivity contribution in [2.24, 2.45) is 5.73 Å². The zero-order valence-corrected chi connectivity index (χ0v) is 27.6. The molecule has 0 spiro atoms. The average molecular weight is 658 g/mol. The lowest BCUT2D eigenvalue weighted by atomic mass is 10.0. The Morgan fingerprint density at radius 3 is 2.28 bits per heavy atom. The van der Waals surface area contributed by atoms with E-state index in [4.69, 9.17) is 5.73 Å². The van der Waals surface area contributed by atoms with Gasteiger partial charge in [0.2, 0.25) is 23.6 Å². The molecule has 0 saturated heterocycles. The van der Waals surface area contributed by atoms with Crippen molar-refractivity contribution in [3.05, 3.63) is 65.2 Å². The van der Waals surface area contributed by atoms with Crippen molar-refractivity contribution in [1.82, 2.24) is 21.3 Å². The molecule has 2 aromatic carbocycles. The molecule has 0 saturated carbocycles. The summed E-state index contributed by atoms with van der Waals surface area (Å²) in [6, 6.07) is 11.3. The highest BCUT2D eigenvalue weighted by Gasteiger charge is 2.26. The number of aromatic hydroxyl groups is 1. The van der Waals surface area contributed by atoms with Crippen LogP contribution in [-0.4, -0.2) is 85.0 Å². The monoisotopic (exact) mass is 657 g/mol. The number of hydrogen-bond acceptors (Lipinski definition) is 9. The SMILES string of the molecule is COC(=O)CCCCCNC(=O)[C@H](Cc1ccccc1)NC(=O)CNC(=O)[C@@H](CCSC)NC(=O)[C@@H](N)Cc1ccc(O)cc1C. The van der Waals surface area contributed by atoms with Gasteiger partial charge in [-0.1, -0.05) is 42.8 Å². The maximum absolute atomic E-state index is 13.1. The highest BCUT2D eigenvalue weighted by Crippen LogP contribution is 2.17. The Balaban J connectivity index is 1.94. The number of ether oxygens (including phenoxy) is 1. The van der Waals surface area contributed by atoms with Crippen LogP contribution in [-0.2, 0) is 41.6 Å². The Morgan fingerprint density at radius 2 is 1.61 bits per heavy atom. The van der Waals surface area contributed by atoms with E-state index < -0.39 is 42.4 Å². The molecule has 12 nitrogen and oxygen atoms in total. The molecule has 0 unspecified atom stereocenters. The minimum absolute atomic E-state index is 0.119. The minimum atomic E-state index is -0.929. The predicted octanol–water partition coefficient (Wildman–Crippen LogP) is 1.50. The molecule has 0 aliphatic carbocycles. The fraction of sp³-hybridized carbons (Fsp3) is 0.485. The minimum Gasteiger partial charge on any atom is -0.508 e. The largest absolute Gasteiger partial charge is 0.508 e. The van der Waals surface area contributed by atoms with Gasteiger partial charge in [-0.05, 0) is 73.4 Å². The number of esters is 1. The van der Waals surface area contributed by atoms with Crippen LogP contribution in [0.2, 0.25) is 0 Å². The molecule has 0 heterocycles. The third-order valence-electron chi connectivity index (χ3n) is 7.29. The summed E-state index contributed by atoms with van der Waals surface area (Å²) >= 11 is 1.51. The number of benzene rings is 2. The van der Waals surface area contributed by atoms with E-state index in [2.05, 4.69) is 26.0 Å². The van der Waals surface area contributed by atoms with Gasteiger partial charge in [0.05, 0.1) is 19.7 Å². The van der Waals surface area contributed by atoms with Crippen molar-refractivity contribution in [2.45, 2.75) is 70.0 Å². The number of nitrogens with two attached hydrogens (primary N) is 1. The molecule has 4 amide bonds. The van der Waals surface area contributed by atoms with Gasteiger partial charge < -0.3 is 36.8 Å². The van der Waals surface area contributed by atoms with Gasteiger partial charge in [0.1, 0.15) is 17.8 Å². The first kappa shape index (κ1) is 38.1. The van der Waals surface area contributed by atoms with Crippen LogP contribution in [0.4, 0.5) is 0 Å². The Hall–Kier alpha value is -4.10. The van der Waals surface area contributed by atoms with Gasteiger partial charge in [-0.15, -0.1) is 0 Å². The summed E-state index contributed by atoms with van der Waals surface area (Å²) in [6.45, 7) is 1.79. The fourth-order valence-corrected chi connectivity index (χ4v) is 5.10. The zero-order valence-electron chi connectivity index (χ0n) is 26.8. The maximum atomic E-state index is 13.1. The van der Waals surface area contributed by atoms with Crippen molar-refractivity contribution < 1.29 is 33.8 Å². The average Bonchev–Trinajstić information content (AvgIpc) is 3.04. The van der Waals surface area contributed by atoms with E-state index in [9.17, 15) is 29.1 Å². The molecule has 2 aromatic rings. The normalized spacial score (nSPS) is 12.7. The topological polar surface area (TPSA) is 189 Å². The number of aryl methyl sites for hydroxylation is 1. The van der Waals surface area contributed by atoms with Crippen LogP contribution in [0.3, 0.4) is 0 Å². The van der Waals surface area contributed by atoms with Crippen molar-refractivity contribution >= 4 is 41.4 Å². The highest BCUT2D eigenvalue weighted by atomic mass is 32.2. The molecule has 13 heteroatoms. The van der Waals surface area contributed by atoms with Gasteiger partial charge >= 0.3 is 5.97 Å². The van der Waals surface area contributed by atoms with Gasteiger partial charge in [-0.25, -0.2) is 0 Å². The summed E-state index contributed by atoms with van der Waals surface area (Å²) in [5.74, 6) is -1.54. The number of unbranched alkanes of at least 4 members (excludes halogenated alkanes) is 2. The molecule has 252 valence electrons. The lowest BCUT2D eigenvalue weighted by Crippen LogP contribution is -2.54. The van der Waals surface area contributed by atoms with Gasteiger partial charge in [-0.2, -0.15) is 11.8 Å². The van der Waals surface area contributed by atoms with Crippen LogP contribution in [0, 0.1) is 6.92 Å². The lowest BCUT2D eigenvalue weighted by Gasteiger charge is -2.22. The molecule has 0 radical (unpaired) electrons. The van der Waals surface area contributed by atoms with E-state index in [1.165, 1.54) is 24.9 Å². The zero-order chi connectivity index (χ0) is 33.9. The van der Waals surface area contributed by atoms with Crippen LogP contribution in [0.5, 0.6) is 5.75 Å². The van der Waals surface area contributed by atoms with E-state index in [1.54, 1.807) is 12.1 Å². The second-order valence-corrected chi connectivity index (χ2v) is 12.0. The van der Waals surface area contributed by atoms with Gasteiger partial charge in [0, 0.05) is 19.4 Å². The number of methoxy groups -OCH3 is 1. The van der Waals surface area contributed by atoms with Gasteiger partial charge in [-0.3, -0.25) is 24.0 Å². The Labute approximate surface area is 275 Å². The summed E-state index contributed by atoms with van der Waals surface area (Å²) in [5, 5.41) is 20.5. The maximum Gasteiger partial charge on any atom is 0.305 e. The van der Waals surface area contributed by atoms with Crippen LogP contribution in [0.25, 0.3) is 0 Å². The van der Waals surface area contributed by atoms with Crippen molar-refractivity contribution in [3.63, 3.8) is 0 Å². The quantitative estimate of drug-likeness (QED) is 0.0906. The molecular formula is C33H47N5O7S. The molecule has 46 heavy (non-hydrogen) atoms. The smallest absolute Gasteiger partial charge is 0.305 e. The Bertz CT molecular complexity index is 1290. The molecule has 0 aliphatic heterocycles. The van der Waals surface area contributed by atoms with Crippen molar-refractivity contribution in [2.75, 3.05) is 32.2 Å². The standard InChI is InChI=1S/C33H47N5O7S/c1-22-18-25(39)14-13-24(22)20-26(34)31(42)38-27(15-17-46-3)32(43)36-21-29(40)37-28(19-23-10-6-4-7-11-23)33(44)35-16-9-5-8-12-30(41)45-2/h4,6-7,10-11,13-14,18,26-28,39H,5,8-9,12,15-17,19-21,34H2,1-3H3,(H,35,44)(H,36,43)(H,37,40)(H,38,42)/t26-,27+,28-/m0/s1. The van der Waals surface area contributed by atoms with E-state index in [0.717, 1.165) is 23.1 Å². The Morgan fingerprint density at radius 1 is 0.891 bits per heavy atom. The van der Waals surface area contributed by atoms with Crippen LogP contribution in [0.1, 0.15) is 48.8 Å². The summed E-state index contributed by atoms with van der Waals surface area (Å²) in [4.78, 5) is 63.2. The molecule has 7 N–H and O–H groups in total. The highest BCUT2D eigenvalue weighted by molar-refractivity contribution is 7.98. The fourth-order valence-electron chi connectivity index (χ4n) is 4.62. The molecular weight excluding hydrogens is 610 g/mol. The van der Waals surface area contributed by atoms with E-state index in [1.807, 2.05) is 43.5 Å². The molecule has 0 fully saturated rings. The second kappa shape index (κ2) is 20.8. The lowest BCUT2D eigenvalue weighted by molar-refractivity contribution is -0.140. The van der Waals surface area contributed by atoms with E-state index in [-0.39, 0.29) is 30.5 Å². The van der Waals surface area contributed by atoms with Crippen LogP contribution >= 0.6 is 11.8 Å². The number of carbonyl (C=O) groups excluding carboxylic acids is 5. The first-order chi connectivity index (χ1) is 22.0. The van der Waals surface area contributed by atoms with E-state index >= 15 is 0 Å². The third kappa shape index (κ3) is 14.3. The number of nitrogens with one attached hydrogen (secondary N) is 4. The van der Waals surface area contributed by atoms with Crippen LogP contribution in [0.15, 0.2) is 48.5 Å². The molecule has 3 atom stereocenters. The van der Waals surface area contributed by atoms with Gasteiger partial charge in [0.15, 0.2) is 0 Å². The number of amides is 4. The van der Waals surface area contributed by atoms with Crippen molar-refractivity contribution in [1.29, 1.82) is 0 Å². The number of carbonyl (C=O) groups is 5. The van der Waals surface area contributed by atoms with E-state index in [0.29, 0.717) is 38.0 Å². The molecule has 0 aliphatic rings. The molecule has 0 bridgehead atoms. The predicted molar refractivity (Wildman–Crippen MR) is 178 cm³/mol. The summed E-state index contributed by atoms with van der Waals surface area (Å²) in [7, 11) is 1.34. The second-order valence-electron chi connectivity index (χ2n) is 11.0.